The number of aliphatic hydroxyl groups is 1. The summed E-state index contributed by atoms with van der Waals surface area (Å²) in [6, 6.07) is -4.51. The van der Waals surface area contributed by atoms with Crippen LogP contribution in [-0.4, -0.2) is 83.7 Å². The molecule has 0 bridgehead atoms. The van der Waals surface area contributed by atoms with Crippen LogP contribution in [0.4, 0.5) is 0 Å². The average molecular weight is 503 g/mol. The van der Waals surface area contributed by atoms with E-state index in [4.69, 9.17) is 28.0 Å². The van der Waals surface area contributed by atoms with Crippen molar-refractivity contribution in [1.82, 2.24) is 16.0 Å². The van der Waals surface area contributed by atoms with Crippen molar-refractivity contribution < 1.29 is 29.4 Å². The zero-order valence-electron chi connectivity index (χ0n) is 20.5. The van der Waals surface area contributed by atoms with Gasteiger partial charge in [0.05, 0.1) is 12.6 Å². The van der Waals surface area contributed by atoms with Crippen LogP contribution >= 0.6 is 0 Å². The van der Waals surface area contributed by atoms with Crippen LogP contribution in [0.2, 0.25) is 0 Å². The minimum atomic E-state index is -1.55. The number of nitrogens with two attached hydrogens (primary N) is 4. The van der Waals surface area contributed by atoms with Crippen molar-refractivity contribution in [3.8, 4) is 0 Å². The fourth-order valence-electron chi connectivity index (χ4n) is 3.04. The normalized spacial score (nSPS) is 15.1. The second-order valence-electron chi connectivity index (χ2n) is 8.35. The highest BCUT2D eigenvalue weighted by molar-refractivity contribution is 5.94. The standard InChI is InChI=1S/C21H42N8O6/c1-3-12(2)16(23)19(33)28-13(7-4-5-9-22)17(31)27-14(8-6-10-26-21(24)25)18(32)29-15(11-30)20(34)35/h12-16,30H,3-11,22-23H2,1-2H3,(H,27,31)(H,28,33)(H,29,32)(H,34,35)(H4,24,25,26). The number of carbonyl (C=O) groups excluding carboxylic acids is 3. The highest BCUT2D eigenvalue weighted by Gasteiger charge is 2.30. The smallest absolute Gasteiger partial charge is 0.328 e. The number of carbonyl (C=O) groups is 4. The molecule has 0 rings (SSSR count). The quantitative estimate of drug-likeness (QED) is 0.0523. The molecule has 0 aromatic rings. The Balaban J connectivity index is 5.56. The van der Waals surface area contributed by atoms with E-state index in [9.17, 15) is 24.3 Å². The van der Waals surface area contributed by atoms with Crippen molar-refractivity contribution in [3.63, 3.8) is 0 Å². The van der Waals surface area contributed by atoms with Crippen LogP contribution < -0.4 is 38.9 Å². The number of guanidine groups is 1. The maximum Gasteiger partial charge on any atom is 0.328 e. The van der Waals surface area contributed by atoms with Gasteiger partial charge >= 0.3 is 5.97 Å². The van der Waals surface area contributed by atoms with Gasteiger partial charge in [0.25, 0.3) is 0 Å². The third kappa shape index (κ3) is 12.9. The number of amides is 3. The van der Waals surface area contributed by atoms with Gasteiger partial charge in [0.15, 0.2) is 5.96 Å². The molecule has 3 amide bonds. The Hall–Kier alpha value is -2.97. The van der Waals surface area contributed by atoms with Crippen molar-refractivity contribution in [2.75, 3.05) is 19.7 Å². The Morgan fingerprint density at radius 1 is 0.886 bits per heavy atom. The highest BCUT2D eigenvalue weighted by Crippen LogP contribution is 2.08. The zero-order valence-corrected chi connectivity index (χ0v) is 20.5. The highest BCUT2D eigenvalue weighted by atomic mass is 16.4. The summed E-state index contributed by atoms with van der Waals surface area (Å²) in [6.07, 6.45) is 2.46. The molecular formula is C21H42N8O6. The van der Waals surface area contributed by atoms with Crippen LogP contribution in [0.1, 0.15) is 52.4 Å². The predicted octanol–water partition coefficient (Wildman–Crippen LogP) is -2.93. The molecule has 35 heavy (non-hydrogen) atoms. The second-order valence-corrected chi connectivity index (χ2v) is 8.35. The first-order valence-corrected chi connectivity index (χ1v) is 11.7. The maximum atomic E-state index is 13.1. The summed E-state index contributed by atoms with van der Waals surface area (Å²) >= 11 is 0. The van der Waals surface area contributed by atoms with E-state index in [-0.39, 0.29) is 37.7 Å². The Morgan fingerprint density at radius 2 is 1.40 bits per heavy atom. The topological polar surface area (TPSA) is 261 Å². The number of carboxylic acid groups (broad SMARTS) is 1. The minimum absolute atomic E-state index is 0.0714. The van der Waals surface area contributed by atoms with E-state index in [1.165, 1.54) is 0 Å². The molecule has 0 aliphatic rings. The summed E-state index contributed by atoms with van der Waals surface area (Å²) in [5.74, 6) is -3.62. The van der Waals surface area contributed by atoms with Crippen molar-refractivity contribution in [3.05, 3.63) is 0 Å². The third-order valence-electron chi connectivity index (χ3n) is 5.52. The van der Waals surface area contributed by atoms with Crippen LogP contribution in [-0.2, 0) is 19.2 Å². The fourth-order valence-corrected chi connectivity index (χ4v) is 3.04. The molecule has 0 aliphatic carbocycles. The van der Waals surface area contributed by atoms with E-state index >= 15 is 0 Å². The first kappa shape index (κ1) is 32.0. The maximum absolute atomic E-state index is 13.1. The van der Waals surface area contributed by atoms with Crippen molar-refractivity contribution in [2.24, 2.45) is 33.8 Å². The monoisotopic (exact) mass is 502 g/mol. The number of aliphatic imine (C=N–C) groups is 1. The number of aliphatic carboxylic acids is 1. The number of nitrogens with zero attached hydrogens (tertiary/aromatic N) is 1. The van der Waals surface area contributed by atoms with Crippen molar-refractivity contribution in [2.45, 2.75) is 76.5 Å². The fraction of sp³-hybridized carbons (Fsp3) is 0.762. The van der Waals surface area contributed by atoms with Gasteiger partial charge in [-0.05, 0) is 44.6 Å². The molecule has 0 saturated heterocycles. The van der Waals surface area contributed by atoms with Crippen LogP contribution in [0.5, 0.6) is 0 Å². The summed E-state index contributed by atoms with van der Waals surface area (Å²) in [7, 11) is 0. The van der Waals surface area contributed by atoms with Gasteiger partial charge in [-0.1, -0.05) is 20.3 Å². The Morgan fingerprint density at radius 3 is 1.86 bits per heavy atom. The lowest BCUT2D eigenvalue weighted by Gasteiger charge is -2.26. The van der Waals surface area contributed by atoms with E-state index in [2.05, 4.69) is 20.9 Å². The summed E-state index contributed by atoms with van der Waals surface area (Å²) in [5, 5.41) is 25.7. The molecule has 0 saturated carbocycles. The van der Waals surface area contributed by atoms with Gasteiger partial charge in [-0.15, -0.1) is 0 Å². The molecule has 5 unspecified atom stereocenters. The number of rotatable bonds is 18. The summed E-state index contributed by atoms with van der Waals surface area (Å²) in [6.45, 7) is 3.46. The first-order chi connectivity index (χ1) is 16.5. The molecule has 0 fully saturated rings. The largest absolute Gasteiger partial charge is 0.480 e. The number of hydrogen-bond acceptors (Lipinski definition) is 8. The molecule has 14 heteroatoms. The average Bonchev–Trinajstić information content (AvgIpc) is 2.81. The van der Waals surface area contributed by atoms with Crippen LogP contribution in [0.25, 0.3) is 0 Å². The lowest BCUT2D eigenvalue weighted by Crippen LogP contribution is -2.58. The Bertz CT molecular complexity index is 716. The molecule has 0 aromatic carbocycles. The van der Waals surface area contributed by atoms with Gasteiger partial charge in [-0.25, -0.2) is 4.79 Å². The van der Waals surface area contributed by atoms with Crippen molar-refractivity contribution >= 4 is 29.7 Å². The lowest BCUT2D eigenvalue weighted by atomic mass is 9.98. The minimum Gasteiger partial charge on any atom is -0.480 e. The predicted molar refractivity (Wildman–Crippen MR) is 131 cm³/mol. The third-order valence-corrected chi connectivity index (χ3v) is 5.52. The van der Waals surface area contributed by atoms with Crippen LogP contribution in [0.15, 0.2) is 4.99 Å². The zero-order chi connectivity index (χ0) is 27.0. The Labute approximate surface area is 205 Å². The van der Waals surface area contributed by atoms with Crippen LogP contribution in [0.3, 0.4) is 0 Å². The van der Waals surface area contributed by atoms with Crippen molar-refractivity contribution in [1.29, 1.82) is 0 Å². The summed E-state index contributed by atoms with van der Waals surface area (Å²) in [4.78, 5) is 53.4. The molecule has 13 N–H and O–H groups in total. The second kappa shape index (κ2) is 17.5. The molecular weight excluding hydrogens is 460 g/mol. The molecule has 14 nitrogen and oxygen atoms in total. The van der Waals surface area contributed by atoms with E-state index in [1.54, 1.807) is 0 Å². The van der Waals surface area contributed by atoms with Gasteiger partial charge < -0.3 is 49.1 Å². The van der Waals surface area contributed by atoms with Gasteiger partial charge in [-0.3, -0.25) is 19.4 Å². The summed E-state index contributed by atoms with van der Waals surface area (Å²) < 4.78 is 0. The molecule has 0 aliphatic heterocycles. The van der Waals surface area contributed by atoms with Gasteiger partial charge in [0, 0.05) is 6.54 Å². The first-order valence-electron chi connectivity index (χ1n) is 11.7. The Kier molecular flexibility index (Phi) is 16.0. The molecule has 0 heterocycles. The molecule has 0 radical (unpaired) electrons. The number of unbranched alkanes of at least 4 members (excludes halogenated alkanes) is 1. The van der Waals surface area contributed by atoms with E-state index in [1.807, 2.05) is 13.8 Å². The van der Waals surface area contributed by atoms with E-state index in [0.29, 0.717) is 25.8 Å². The molecule has 0 spiro atoms. The van der Waals surface area contributed by atoms with E-state index in [0.717, 1.165) is 0 Å². The molecule has 202 valence electrons. The summed E-state index contributed by atoms with van der Waals surface area (Å²) in [5.41, 5.74) is 22.1. The number of hydrogen-bond donors (Lipinski definition) is 9. The lowest BCUT2D eigenvalue weighted by molar-refractivity contribution is -0.143. The number of carboxylic acids is 1. The van der Waals surface area contributed by atoms with Gasteiger partial charge in [0.2, 0.25) is 17.7 Å². The number of nitrogens with one attached hydrogen (secondary N) is 3. The van der Waals surface area contributed by atoms with Gasteiger partial charge in [-0.2, -0.15) is 0 Å². The van der Waals surface area contributed by atoms with Crippen LogP contribution in [0, 0.1) is 5.92 Å². The SMILES string of the molecule is CCC(C)C(N)C(=O)NC(CCCCN)C(=O)NC(CCCN=C(N)N)C(=O)NC(CO)C(=O)O. The molecule has 5 atom stereocenters. The molecule has 0 aromatic heterocycles. The number of aliphatic hydroxyl groups excluding tert-OH is 1. The van der Waals surface area contributed by atoms with Gasteiger partial charge in [0.1, 0.15) is 18.1 Å². The van der Waals surface area contributed by atoms with E-state index < -0.39 is 54.5 Å².